The Morgan fingerprint density at radius 2 is 1.60 bits per heavy atom. The summed E-state index contributed by atoms with van der Waals surface area (Å²) in [5.74, 6) is -1.80. The van der Waals surface area contributed by atoms with Crippen molar-refractivity contribution in [2.24, 2.45) is 11.8 Å². The summed E-state index contributed by atoms with van der Waals surface area (Å²) in [5, 5.41) is 10.7. The van der Waals surface area contributed by atoms with Crippen molar-refractivity contribution in [3.8, 4) is 0 Å². The molecule has 0 aliphatic heterocycles. The number of carbonyl (C=O) groups is 2. The van der Waals surface area contributed by atoms with E-state index in [1.54, 1.807) is 0 Å². The number of aliphatic carboxylic acids is 1. The van der Waals surface area contributed by atoms with Gasteiger partial charge in [-0.05, 0) is 37.2 Å². The van der Waals surface area contributed by atoms with Crippen LogP contribution in [0.25, 0.3) is 0 Å². The average Bonchev–Trinajstić information content (AvgIpc) is 2.46. The molecule has 0 atom stereocenters. The van der Waals surface area contributed by atoms with Crippen LogP contribution in [0.15, 0.2) is 30.3 Å². The molecular weight excluding hydrogens is 283 g/mol. The maximum Gasteiger partial charge on any atom is 1.00 e. The van der Waals surface area contributed by atoms with Crippen LogP contribution in [0.3, 0.4) is 0 Å². The number of benzene rings is 1. The maximum atomic E-state index is 11.9. The molecule has 0 radical (unpaired) electrons. The number of carbonyl (C=O) groups excluding carboxylic acids is 2. The van der Waals surface area contributed by atoms with E-state index in [2.05, 4.69) is 0 Å². The summed E-state index contributed by atoms with van der Waals surface area (Å²) in [7, 11) is 0. The van der Waals surface area contributed by atoms with Gasteiger partial charge in [-0.2, -0.15) is 0 Å². The van der Waals surface area contributed by atoms with Crippen molar-refractivity contribution in [2.75, 3.05) is 0 Å². The van der Waals surface area contributed by atoms with Crippen molar-refractivity contribution in [3.63, 3.8) is 0 Å². The first-order valence-corrected chi connectivity index (χ1v) is 6.58. The van der Waals surface area contributed by atoms with Crippen molar-refractivity contribution in [1.29, 1.82) is 0 Å². The molecule has 0 amide bonds. The van der Waals surface area contributed by atoms with Gasteiger partial charge in [0, 0.05) is 5.97 Å². The van der Waals surface area contributed by atoms with Crippen LogP contribution in [0, 0.1) is 11.8 Å². The summed E-state index contributed by atoms with van der Waals surface area (Å²) in [6.45, 7) is 0.278. The summed E-state index contributed by atoms with van der Waals surface area (Å²) in [4.78, 5) is 22.6. The smallest absolute Gasteiger partial charge is 0.550 e. The van der Waals surface area contributed by atoms with E-state index in [-0.39, 0.29) is 69.9 Å². The molecule has 0 N–H and O–H groups in total. The monoisotopic (exact) mass is 300 g/mol. The van der Waals surface area contributed by atoms with Crippen LogP contribution in [0.1, 0.15) is 31.2 Å². The molecule has 0 saturated heterocycles. The van der Waals surface area contributed by atoms with Gasteiger partial charge in [0.2, 0.25) is 0 Å². The minimum atomic E-state index is -1.00. The standard InChI is InChI=1S/C15H18O4.K/c16-14(17)12-6-8-13(9-7-12)15(18)19-10-11-4-2-1-3-5-11;/h1-5,12-13H,6-10H2,(H,16,17);/q;+1/p-1/t12-,13-;. The first kappa shape index (κ1) is 17.8. The van der Waals surface area contributed by atoms with E-state index in [9.17, 15) is 14.7 Å². The minimum absolute atomic E-state index is 0. The molecule has 1 aromatic carbocycles. The molecule has 0 unspecified atom stereocenters. The molecule has 1 fully saturated rings. The van der Waals surface area contributed by atoms with Crippen LogP contribution in [0.5, 0.6) is 0 Å². The third-order valence-corrected chi connectivity index (χ3v) is 3.62. The van der Waals surface area contributed by atoms with E-state index in [4.69, 9.17) is 4.74 Å². The van der Waals surface area contributed by atoms with Crippen LogP contribution >= 0.6 is 0 Å². The molecule has 1 saturated carbocycles. The fraction of sp³-hybridized carbons (Fsp3) is 0.467. The Kier molecular flexibility index (Phi) is 7.98. The molecule has 5 heteroatoms. The fourth-order valence-corrected chi connectivity index (χ4v) is 2.41. The average molecular weight is 300 g/mol. The molecule has 4 nitrogen and oxygen atoms in total. The molecule has 0 spiro atoms. The van der Waals surface area contributed by atoms with Crippen molar-refractivity contribution in [1.82, 2.24) is 0 Å². The summed E-state index contributed by atoms with van der Waals surface area (Å²) in [6.07, 6.45) is 2.17. The Bertz CT molecular complexity index is 438. The van der Waals surface area contributed by atoms with E-state index >= 15 is 0 Å². The number of ether oxygens (including phenoxy) is 1. The quantitative estimate of drug-likeness (QED) is 0.491. The third kappa shape index (κ3) is 5.29. The third-order valence-electron chi connectivity index (χ3n) is 3.62. The molecule has 2 rings (SSSR count). The SMILES string of the molecule is O=C([O-])[C@H]1CC[C@H](C(=O)OCc2ccccc2)CC1.[K+]. The van der Waals surface area contributed by atoms with Crippen molar-refractivity contribution < 1.29 is 70.8 Å². The van der Waals surface area contributed by atoms with Crippen LogP contribution in [0.4, 0.5) is 0 Å². The Balaban J connectivity index is 0.00000200. The molecular formula is C15H17KO4. The molecule has 0 aromatic heterocycles. The Morgan fingerprint density at radius 3 is 2.15 bits per heavy atom. The van der Waals surface area contributed by atoms with Crippen molar-refractivity contribution in [3.05, 3.63) is 35.9 Å². The van der Waals surface area contributed by atoms with Gasteiger partial charge in [-0.15, -0.1) is 0 Å². The molecule has 102 valence electrons. The Labute approximate surface area is 161 Å². The number of esters is 1. The predicted octanol–water partition coefficient (Wildman–Crippen LogP) is -1.71. The van der Waals surface area contributed by atoms with Gasteiger partial charge in [0.25, 0.3) is 0 Å². The molecule has 0 bridgehead atoms. The zero-order valence-corrected chi connectivity index (χ0v) is 14.8. The second kappa shape index (κ2) is 8.95. The van der Waals surface area contributed by atoms with Crippen LogP contribution in [-0.4, -0.2) is 11.9 Å². The van der Waals surface area contributed by atoms with Crippen LogP contribution < -0.4 is 56.5 Å². The van der Waals surface area contributed by atoms with E-state index in [1.165, 1.54) is 0 Å². The van der Waals surface area contributed by atoms with E-state index < -0.39 is 11.9 Å². The zero-order valence-electron chi connectivity index (χ0n) is 11.7. The van der Waals surface area contributed by atoms with Gasteiger partial charge < -0.3 is 14.6 Å². The van der Waals surface area contributed by atoms with E-state index in [0.29, 0.717) is 25.7 Å². The second-order valence-corrected chi connectivity index (χ2v) is 4.96. The molecule has 20 heavy (non-hydrogen) atoms. The maximum absolute atomic E-state index is 11.9. The van der Waals surface area contributed by atoms with Gasteiger partial charge in [0.15, 0.2) is 0 Å². The van der Waals surface area contributed by atoms with Crippen molar-refractivity contribution in [2.45, 2.75) is 32.3 Å². The largest absolute Gasteiger partial charge is 1.00 e. The first-order valence-electron chi connectivity index (χ1n) is 6.58. The second-order valence-electron chi connectivity index (χ2n) is 4.96. The number of hydrogen-bond donors (Lipinski definition) is 0. The molecule has 0 heterocycles. The molecule has 1 aliphatic rings. The molecule has 1 aromatic rings. The van der Waals surface area contributed by atoms with Gasteiger partial charge in [-0.3, -0.25) is 4.79 Å². The van der Waals surface area contributed by atoms with E-state index in [0.717, 1.165) is 5.56 Å². The zero-order chi connectivity index (χ0) is 13.7. The summed E-state index contributed by atoms with van der Waals surface area (Å²) < 4.78 is 5.26. The summed E-state index contributed by atoms with van der Waals surface area (Å²) in [6, 6.07) is 9.51. The number of rotatable bonds is 4. The topological polar surface area (TPSA) is 66.4 Å². The number of carboxylic acids is 1. The van der Waals surface area contributed by atoms with Crippen LogP contribution in [0.2, 0.25) is 0 Å². The Morgan fingerprint density at radius 1 is 1.05 bits per heavy atom. The summed E-state index contributed by atoms with van der Waals surface area (Å²) >= 11 is 0. The minimum Gasteiger partial charge on any atom is -0.550 e. The summed E-state index contributed by atoms with van der Waals surface area (Å²) in [5.41, 5.74) is 0.958. The molecule has 1 aliphatic carbocycles. The van der Waals surface area contributed by atoms with E-state index in [1.807, 2.05) is 30.3 Å². The Hall–Kier alpha value is -0.204. The first-order chi connectivity index (χ1) is 9.16. The van der Waals surface area contributed by atoms with Gasteiger partial charge in [-0.1, -0.05) is 30.3 Å². The van der Waals surface area contributed by atoms with Crippen LogP contribution in [-0.2, 0) is 20.9 Å². The van der Waals surface area contributed by atoms with Gasteiger partial charge in [0.1, 0.15) is 6.61 Å². The van der Waals surface area contributed by atoms with Gasteiger partial charge >= 0.3 is 57.4 Å². The number of carboxylic acid groups (broad SMARTS) is 1. The fourth-order valence-electron chi connectivity index (χ4n) is 2.41. The van der Waals surface area contributed by atoms with Gasteiger partial charge in [-0.25, -0.2) is 0 Å². The number of hydrogen-bond acceptors (Lipinski definition) is 4. The normalized spacial score (nSPS) is 21.6. The van der Waals surface area contributed by atoms with Crippen molar-refractivity contribution >= 4 is 11.9 Å². The van der Waals surface area contributed by atoms with Gasteiger partial charge in [0.05, 0.1) is 5.92 Å². The predicted molar refractivity (Wildman–Crippen MR) is 66.7 cm³/mol.